The molecule has 16 heavy (non-hydrogen) atoms. The van der Waals surface area contributed by atoms with Crippen LogP contribution in [0.15, 0.2) is 24.3 Å². The highest BCUT2D eigenvalue weighted by molar-refractivity contribution is 5.27. The van der Waals surface area contributed by atoms with Crippen LogP contribution in [0, 0.1) is 0 Å². The highest BCUT2D eigenvalue weighted by Crippen LogP contribution is 2.18. The maximum atomic E-state index is 5.79. The Balaban J connectivity index is 1.88. The summed E-state index contributed by atoms with van der Waals surface area (Å²) in [5, 5.41) is 0. The van der Waals surface area contributed by atoms with Gasteiger partial charge in [0.05, 0.1) is 13.2 Å². The first-order chi connectivity index (χ1) is 7.88. The van der Waals surface area contributed by atoms with Gasteiger partial charge in [-0.2, -0.15) is 0 Å². The Kier molecular flexibility index (Phi) is 4.16. The third kappa shape index (κ3) is 3.20. The molecule has 0 saturated carbocycles. The van der Waals surface area contributed by atoms with Crippen molar-refractivity contribution in [1.29, 1.82) is 0 Å². The summed E-state index contributed by atoms with van der Waals surface area (Å²) >= 11 is 0. The van der Waals surface area contributed by atoms with Crippen LogP contribution in [-0.4, -0.2) is 19.3 Å². The molecule has 0 aliphatic carbocycles. The Labute approximate surface area is 95.2 Å². The summed E-state index contributed by atoms with van der Waals surface area (Å²) in [7, 11) is 0. The van der Waals surface area contributed by atoms with Crippen LogP contribution in [0.3, 0.4) is 0 Å². The van der Waals surface area contributed by atoms with Gasteiger partial charge in [-0.1, -0.05) is 12.1 Å². The quantitative estimate of drug-likeness (QED) is 0.788. The number of rotatable bonds is 4. The highest BCUT2D eigenvalue weighted by Gasteiger charge is 2.14. The van der Waals surface area contributed by atoms with Gasteiger partial charge in [0.25, 0.3) is 0 Å². The van der Waals surface area contributed by atoms with E-state index < -0.39 is 0 Å². The Bertz CT molecular complexity index is 307. The average molecular weight is 223 g/mol. The van der Waals surface area contributed by atoms with Crippen LogP contribution >= 0.6 is 0 Å². The maximum absolute atomic E-state index is 5.79. The third-order valence-electron chi connectivity index (χ3n) is 2.59. The lowest BCUT2D eigenvalue weighted by atomic mass is 10.1. The van der Waals surface area contributed by atoms with E-state index in [-0.39, 0.29) is 6.10 Å². The first-order valence-corrected chi connectivity index (χ1v) is 5.53. The van der Waals surface area contributed by atoms with E-state index in [1.807, 2.05) is 24.3 Å². The normalized spacial score (nSPS) is 20.7. The predicted molar refractivity (Wildman–Crippen MR) is 59.9 cm³/mol. The molecule has 2 rings (SSSR count). The second kappa shape index (κ2) is 5.84. The fourth-order valence-corrected chi connectivity index (χ4v) is 1.76. The second-order valence-corrected chi connectivity index (χ2v) is 3.91. The molecule has 0 aromatic heterocycles. The van der Waals surface area contributed by atoms with Gasteiger partial charge in [0.2, 0.25) is 0 Å². The molecule has 2 N–H and O–H groups in total. The Hall–Kier alpha value is -1.10. The van der Waals surface area contributed by atoms with E-state index in [4.69, 9.17) is 15.4 Å². The molecule has 1 heterocycles. The standard InChI is InChI=1S/C12H17NO3/c13-15-8-10-3-5-11(6-4-10)16-12-2-1-7-14-9-12/h3-6,12H,1-2,7-9,13H2. The van der Waals surface area contributed by atoms with Crippen LogP contribution in [0.2, 0.25) is 0 Å². The molecular formula is C12H17NO3. The molecule has 1 aromatic rings. The summed E-state index contributed by atoms with van der Waals surface area (Å²) in [4.78, 5) is 4.56. The van der Waals surface area contributed by atoms with Crippen LogP contribution in [0.5, 0.6) is 5.75 Å². The molecular weight excluding hydrogens is 206 g/mol. The molecule has 0 bridgehead atoms. The number of ether oxygens (including phenoxy) is 2. The van der Waals surface area contributed by atoms with Crippen molar-refractivity contribution < 1.29 is 14.3 Å². The first-order valence-electron chi connectivity index (χ1n) is 5.53. The molecule has 0 spiro atoms. The largest absolute Gasteiger partial charge is 0.488 e. The lowest BCUT2D eigenvalue weighted by molar-refractivity contribution is 0.00741. The summed E-state index contributed by atoms with van der Waals surface area (Å²) in [5.41, 5.74) is 1.04. The summed E-state index contributed by atoms with van der Waals surface area (Å²) < 4.78 is 11.1. The van der Waals surface area contributed by atoms with Gasteiger partial charge in [-0.15, -0.1) is 0 Å². The SMILES string of the molecule is NOCc1ccc(OC2CCCOC2)cc1. The average Bonchev–Trinajstić information content (AvgIpc) is 2.33. The highest BCUT2D eigenvalue weighted by atomic mass is 16.6. The molecule has 4 nitrogen and oxygen atoms in total. The lowest BCUT2D eigenvalue weighted by Crippen LogP contribution is -2.27. The van der Waals surface area contributed by atoms with Crippen molar-refractivity contribution >= 4 is 0 Å². The van der Waals surface area contributed by atoms with Gasteiger partial charge in [0.1, 0.15) is 11.9 Å². The van der Waals surface area contributed by atoms with Crippen molar-refractivity contribution in [1.82, 2.24) is 0 Å². The van der Waals surface area contributed by atoms with Crippen molar-refractivity contribution in [3.63, 3.8) is 0 Å². The second-order valence-electron chi connectivity index (χ2n) is 3.91. The third-order valence-corrected chi connectivity index (χ3v) is 2.59. The van der Waals surface area contributed by atoms with Crippen LogP contribution in [0.4, 0.5) is 0 Å². The van der Waals surface area contributed by atoms with Gasteiger partial charge in [-0.05, 0) is 30.5 Å². The Morgan fingerprint density at radius 1 is 1.31 bits per heavy atom. The molecule has 88 valence electrons. The van der Waals surface area contributed by atoms with Gasteiger partial charge < -0.3 is 9.47 Å². The molecule has 1 unspecified atom stereocenters. The van der Waals surface area contributed by atoms with E-state index in [9.17, 15) is 0 Å². The van der Waals surface area contributed by atoms with Crippen molar-refractivity contribution in [2.24, 2.45) is 5.90 Å². The van der Waals surface area contributed by atoms with E-state index in [0.29, 0.717) is 13.2 Å². The van der Waals surface area contributed by atoms with Gasteiger partial charge in [-0.3, -0.25) is 4.84 Å². The zero-order chi connectivity index (χ0) is 11.2. The van der Waals surface area contributed by atoms with Crippen LogP contribution in [-0.2, 0) is 16.2 Å². The minimum atomic E-state index is 0.186. The van der Waals surface area contributed by atoms with Crippen LogP contribution < -0.4 is 10.6 Å². The molecule has 0 amide bonds. The van der Waals surface area contributed by atoms with E-state index in [1.54, 1.807) is 0 Å². The minimum absolute atomic E-state index is 0.186. The van der Waals surface area contributed by atoms with Gasteiger partial charge in [0, 0.05) is 6.61 Å². The van der Waals surface area contributed by atoms with Gasteiger partial charge in [0.15, 0.2) is 0 Å². The lowest BCUT2D eigenvalue weighted by Gasteiger charge is -2.23. The minimum Gasteiger partial charge on any atom is -0.488 e. The number of hydrogen-bond donors (Lipinski definition) is 1. The zero-order valence-corrected chi connectivity index (χ0v) is 9.22. The molecule has 1 fully saturated rings. The molecule has 1 aromatic carbocycles. The fourth-order valence-electron chi connectivity index (χ4n) is 1.76. The predicted octanol–water partition coefficient (Wildman–Crippen LogP) is 1.63. The van der Waals surface area contributed by atoms with Crippen molar-refractivity contribution in [2.45, 2.75) is 25.6 Å². The number of nitrogens with two attached hydrogens (primary N) is 1. The van der Waals surface area contributed by atoms with Crippen molar-refractivity contribution in [3.05, 3.63) is 29.8 Å². The summed E-state index contributed by atoms with van der Waals surface area (Å²) in [5.74, 6) is 5.87. The Morgan fingerprint density at radius 3 is 2.75 bits per heavy atom. The summed E-state index contributed by atoms with van der Waals surface area (Å²) in [6, 6.07) is 7.77. The van der Waals surface area contributed by atoms with Crippen LogP contribution in [0.25, 0.3) is 0 Å². The first kappa shape index (κ1) is 11.4. The van der Waals surface area contributed by atoms with Crippen molar-refractivity contribution in [3.8, 4) is 5.75 Å². The fraction of sp³-hybridized carbons (Fsp3) is 0.500. The van der Waals surface area contributed by atoms with Crippen LogP contribution in [0.1, 0.15) is 18.4 Å². The number of hydrogen-bond acceptors (Lipinski definition) is 4. The van der Waals surface area contributed by atoms with Crippen molar-refractivity contribution in [2.75, 3.05) is 13.2 Å². The molecule has 1 aliphatic heterocycles. The smallest absolute Gasteiger partial charge is 0.122 e. The molecule has 1 atom stereocenters. The van der Waals surface area contributed by atoms with E-state index >= 15 is 0 Å². The summed E-state index contributed by atoms with van der Waals surface area (Å²) in [6.07, 6.45) is 2.32. The maximum Gasteiger partial charge on any atom is 0.122 e. The van der Waals surface area contributed by atoms with E-state index in [1.165, 1.54) is 0 Å². The molecule has 4 heteroatoms. The zero-order valence-electron chi connectivity index (χ0n) is 9.22. The number of benzene rings is 1. The Morgan fingerprint density at radius 2 is 2.12 bits per heavy atom. The van der Waals surface area contributed by atoms with Gasteiger partial charge >= 0.3 is 0 Å². The van der Waals surface area contributed by atoms with E-state index in [0.717, 1.165) is 30.8 Å². The molecule has 1 saturated heterocycles. The molecule has 1 aliphatic rings. The van der Waals surface area contributed by atoms with Gasteiger partial charge in [-0.25, -0.2) is 5.90 Å². The summed E-state index contributed by atoms with van der Waals surface area (Å²) in [6.45, 7) is 1.97. The monoisotopic (exact) mass is 223 g/mol. The molecule has 0 radical (unpaired) electrons. The topological polar surface area (TPSA) is 53.7 Å². The van der Waals surface area contributed by atoms with E-state index in [2.05, 4.69) is 4.84 Å².